The summed E-state index contributed by atoms with van der Waals surface area (Å²) < 4.78 is 0. The molecule has 2 unspecified atom stereocenters. The summed E-state index contributed by atoms with van der Waals surface area (Å²) in [6, 6.07) is 8.25. The lowest BCUT2D eigenvalue weighted by atomic mass is 10.1. The summed E-state index contributed by atoms with van der Waals surface area (Å²) in [6.45, 7) is 10.1. The van der Waals surface area contributed by atoms with Gasteiger partial charge >= 0.3 is 0 Å². The van der Waals surface area contributed by atoms with E-state index in [1.54, 1.807) is 0 Å². The summed E-state index contributed by atoms with van der Waals surface area (Å²) >= 11 is 0. The molecule has 0 spiro atoms. The largest absolute Gasteiger partial charge is 0.315 e. The first-order valence-corrected chi connectivity index (χ1v) is 9.85. The zero-order chi connectivity index (χ0) is 17.9. The third-order valence-corrected chi connectivity index (χ3v) is 4.84. The van der Waals surface area contributed by atoms with Gasteiger partial charge in [-0.1, -0.05) is 35.8 Å². The fourth-order valence-electron chi connectivity index (χ4n) is 3.31. The Labute approximate surface area is 158 Å². The molecule has 3 heterocycles. The lowest BCUT2D eigenvalue weighted by molar-refractivity contribution is 0.277. The van der Waals surface area contributed by atoms with Crippen molar-refractivity contribution in [2.45, 2.75) is 12.8 Å². The molecule has 26 heavy (non-hydrogen) atoms. The molecule has 3 aliphatic heterocycles. The molecule has 1 saturated heterocycles. The molecule has 4 nitrogen and oxygen atoms in total. The van der Waals surface area contributed by atoms with E-state index in [0.29, 0.717) is 0 Å². The molecule has 1 fully saturated rings. The van der Waals surface area contributed by atoms with Gasteiger partial charge in [0.05, 0.1) is 13.1 Å². The Morgan fingerprint density at radius 3 is 1.65 bits per heavy atom. The van der Waals surface area contributed by atoms with Crippen LogP contribution < -0.4 is 10.6 Å². The molecule has 0 saturated carbocycles. The topological polar surface area (TPSA) is 30.5 Å². The van der Waals surface area contributed by atoms with E-state index in [2.05, 4.69) is 56.2 Å². The molecular weight excluding hydrogens is 320 g/mol. The maximum atomic E-state index is 3.58. The number of hydrogen-bond acceptors (Lipinski definition) is 4. The smallest absolute Gasteiger partial charge is 0.0605 e. The van der Waals surface area contributed by atoms with E-state index in [0.717, 1.165) is 89.4 Å². The van der Waals surface area contributed by atoms with Gasteiger partial charge in [-0.05, 0) is 38.1 Å². The molecule has 4 rings (SSSR count). The van der Waals surface area contributed by atoms with Crippen molar-refractivity contribution in [1.82, 2.24) is 20.4 Å². The van der Waals surface area contributed by atoms with Crippen LogP contribution >= 0.6 is 0 Å². The Balaban J connectivity index is 1.85. The van der Waals surface area contributed by atoms with Gasteiger partial charge in [0.2, 0.25) is 0 Å². The molecule has 3 aliphatic rings. The van der Waals surface area contributed by atoms with E-state index < -0.39 is 0 Å². The highest BCUT2D eigenvalue weighted by atomic mass is 15.1. The third-order valence-electron chi connectivity index (χ3n) is 4.84. The van der Waals surface area contributed by atoms with Crippen molar-refractivity contribution in [3.63, 3.8) is 0 Å². The summed E-state index contributed by atoms with van der Waals surface area (Å²) in [5.41, 5.74) is 2.09. The zero-order valence-corrected chi connectivity index (χ0v) is 15.7. The van der Waals surface area contributed by atoms with Crippen LogP contribution in [0.3, 0.4) is 0 Å². The first-order valence-electron chi connectivity index (χ1n) is 9.85. The van der Waals surface area contributed by atoms with E-state index in [-0.39, 0.29) is 0 Å². The average Bonchev–Trinajstić information content (AvgIpc) is 2.65. The summed E-state index contributed by atoms with van der Waals surface area (Å²) in [5, 5.41) is 7.17. The minimum Gasteiger partial charge on any atom is -0.315 e. The minimum atomic E-state index is 0.817. The normalized spacial score (nSPS) is 25.1. The molecule has 0 amide bonds. The fourth-order valence-corrected chi connectivity index (χ4v) is 3.31. The minimum absolute atomic E-state index is 0.817. The molecule has 0 aliphatic carbocycles. The van der Waals surface area contributed by atoms with Gasteiger partial charge in [-0.2, -0.15) is 0 Å². The molecule has 2 atom stereocenters. The van der Waals surface area contributed by atoms with Crippen LogP contribution in [0.15, 0.2) is 24.3 Å². The molecule has 1 aromatic rings. The Kier molecular flexibility index (Phi) is 8.03. The zero-order valence-electron chi connectivity index (χ0n) is 15.7. The molecule has 2 N–H and O–H groups in total. The van der Waals surface area contributed by atoms with Crippen LogP contribution in [-0.2, 0) is 0 Å². The van der Waals surface area contributed by atoms with Crippen LogP contribution in [0.4, 0.5) is 0 Å². The maximum Gasteiger partial charge on any atom is 0.0605 e. The molecular formula is C22H30N4. The van der Waals surface area contributed by atoms with Crippen LogP contribution in [0.2, 0.25) is 0 Å². The van der Waals surface area contributed by atoms with Crippen LogP contribution in [0.1, 0.15) is 24.0 Å². The number of nitrogens with zero attached hydrogens (tertiary/aromatic N) is 2. The second kappa shape index (κ2) is 11.0. The lowest BCUT2D eigenvalue weighted by Gasteiger charge is -2.23. The molecule has 4 heteroatoms. The first kappa shape index (κ1) is 19.0. The predicted octanol–water partition coefficient (Wildman–Crippen LogP) is 0.980. The third kappa shape index (κ3) is 6.48. The predicted molar refractivity (Wildman–Crippen MR) is 108 cm³/mol. The van der Waals surface area contributed by atoms with Gasteiger partial charge in [0.1, 0.15) is 0 Å². The molecule has 0 radical (unpaired) electrons. The summed E-state index contributed by atoms with van der Waals surface area (Å²) in [4.78, 5) is 4.92. The maximum absolute atomic E-state index is 3.58. The number of benzene rings is 1. The van der Waals surface area contributed by atoms with E-state index in [4.69, 9.17) is 0 Å². The Bertz CT molecular complexity index is 602. The Hall–Kier alpha value is -1.82. The number of nitrogens with one attached hydrogen (secondary N) is 2. The fraction of sp³-hybridized carbons (Fsp3) is 0.545. The monoisotopic (exact) mass is 350 g/mol. The van der Waals surface area contributed by atoms with Crippen molar-refractivity contribution < 1.29 is 0 Å². The van der Waals surface area contributed by atoms with Crippen molar-refractivity contribution in [2.75, 3.05) is 65.4 Å². The van der Waals surface area contributed by atoms with Gasteiger partial charge in [-0.25, -0.2) is 0 Å². The summed E-state index contributed by atoms with van der Waals surface area (Å²) in [6.07, 6.45) is 2.33. The van der Waals surface area contributed by atoms with E-state index >= 15 is 0 Å². The van der Waals surface area contributed by atoms with Gasteiger partial charge in [-0.3, -0.25) is 9.80 Å². The highest BCUT2D eigenvalue weighted by Gasteiger charge is 2.07. The van der Waals surface area contributed by atoms with Crippen LogP contribution in [0.25, 0.3) is 0 Å². The second-order valence-electron chi connectivity index (χ2n) is 6.91. The van der Waals surface area contributed by atoms with E-state index in [1.165, 1.54) is 0 Å². The lowest BCUT2D eigenvalue weighted by Crippen LogP contribution is -2.38. The van der Waals surface area contributed by atoms with Crippen molar-refractivity contribution in [2.24, 2.45) is 0 Å². The van der Waals surface area contributed by atoms with Crippen molar-refractivity contribution in [3.05, 3.63) is 35.4 Å². The van der Waals surface area contributed by atoms with Gasteiger partial charge in [-0.15, -0.1) is 0 Å². The van der Waals surface area contributed by atoms with Crippen LogP contribution in [0, 0.1) is 23.7 Å². The Morgan fingerprint density at radius 1 is 0.654 bits per heavy atom. The molecule has 2 bridgehead atoms. The number of fused-ring (bicyclic) bond motifs is 12. The molecule has 1 aromatic carbocycles. The van der Waals surface area contributed by atoms with Crippen LogP contribution in [-0.4, -0.2) is 75.2 Å². The van der Waals surface area contributed by atoms with Crippen molar-refractivity contribution >= 4 is 0 Å². The van der Waals surface area contributed by atoms with Gasteiger partial charge in [0, 0.05) is 50.4 Å². The summed E-state index contributed by atoms with van der Waals surface area (Å²) in [5.74, 6) is 13.4. The van der Waals surface area contributed by atoms with Crippen LogP contribution in [0.5, 0.6) is 0 Å². The SMILES string of the molecule is C1#Cc2ccccc2C#CCN2CCCNCCN(C1)CCCNCC2. The highest BCUT2D eigenvalue weighted by Crippen LogP contribution is 2.06. The average molecular weight is 351 g/mol. The quantitative estimate of drug-likeness (QED) is 0.683. The second-order valence-corrected chi connectivity index (χ2v) is 6.91. The van der Waals surface area contributed by atoms with Gasteiger partial charge in [0.25, 0.3) is 0 Å². The number of rotatable bonds is 0. The molecule has 0 aromatic heterocycles. The van der Waals surface area contributed by atoms with Gasteiger partial charge < -0.3 is 10.6 Å². The standard InChI is InChI=1S/C22H30N4/c1-2-8-22-10-4-16-26-18-6-12-23-13-19-25(15-3-9-21(22)7-1)17-5-11-24-14-20-26/h1-2,7-8,23-24H,5-6,11-20H2. The highest BCUT2D eigenvalue weighted by molar-refractivity contribution is 5.50. The first-order chi connectivity index (χ1) is 12.9. The van der Waals surface area contributed by atoms with Gasteiger partial charge in [0.15, 0.2) is 0 Å². The van der Waals surface area contributed by atoms with Crippen molar-refractivity contribution in [1.29, 1.82) is 0 Å². The molecule has 138 valence electrons. The number of hydrogen-bond donors (Lipinski definition) is 2. The summed E-state index contributed by atoms with van der Waals surface area (Å²) in [7, 11) is 0. The Morgan fingerprint density at radius 2 is 1.15 bits per heavy atom. The van der Waals surface area contributed by atoms with E-state index in [1.807, 2.05) is 12.1 Å². The van der Waals surface area contributed by atoms with E-state index in [9.17, 15) is 0 Å². The van der Waals surface area contributed by atoms with Crippen molar-refractivity contribution in [3.8, 4) is 23.7 Å².